The Kier molecular flexibility index (Phi) is 7.71. The quantitative estimate of drug-likeness (QED) is 0.0999. The van der Waals surface area contributed by atoms with Gasteiger partial charge in [0.15, 0.2) is 6.29 Å². The summed E-state index contributed by atoms with van der Waals surface area (Å²) < 4.78 is 29.4. The number of fused-ring (bicyclic) bond motifs is 4. The van der Waals surface area contributed by atoms with Crippen molar-refractivity contribution in [2.75, 3.05) is 14.2 Å². The van der Waals surface area contributed by atoms with Gasteiger partial charge >= 0.3 is 11.9 Å². The number of rotatable bonds is 7. The van der Waals surface area contributed by atoms with Crippen molar-refractivity contribution in [3.63, 3.8) is 0 Å². The van der Waals surface area contributed by atoms with E-state index in [4.69, 9.17) is 23.7 Å². The number of hydrogen-bond acceptors (Lipinski definition) is 8. The Morgan fingerprint density at radius 2 is 1.31 bits per heavy atom. The van der Waals surface area contributed by atoms with Gasteiger partial charge in [0.25, 0.3) is 5.79 Å². The minimum Gasteiger partial charge on any atom is -0.497 e. The number of aldehydes is 1. The molecule has 1 atom stereocenters. The zero-order valence-corrected chi connectivity index (χ0v) is 26.6. The number of ether oxygens (including phenoxy) is 5. The maximum Gasteiger partial charge on any atom is 0.343 e. The van der Waals surface area contributed by atoms with Crippen molar-refractivity contribution >= 4 is 51.9 Å². The highest BCUT2D eigenvalue weighted by Gasteiger charge is 2.42. The molecule has 0 aromatic heterocycles. The van der Waals surface area contributed by atoms with Crippen molar-refractivity contribution in [2.24, 2.45) is 0 Å². The van der Waals surface area contributed by atoms with Crippen LogP contribution < -0.4 is 18.9 Å². The van der Waals surface area contributed by atoms with Crippen LogP contribution in [-0.2, 0) is 17.6 Å². The second kappa shape index (κ2) is 12.0. The molecule has 1 unspecified atom stereocenters. The normalized spacial score (nSPS) is 16.2. The van der Waals surface area contributed by atoms with E-state index in [0.29, 0.717) is 24.9 Å². The third-order valence-electron chi connectivity index (χ3n) is 9.13. The maximum absolute atomic E-state index is 13.2. The van der Waals surface area contributed by atoms with E-state index in [1.807, 2.05) is 24.3 Å². The van der Waals surface area contributed by atoms with E-state index >= 15 is 0 Å². The summed E-state index contributed by atoms with van der Waals surface area (Å²) >= 11 is 0. The lowest BCUT2D eigenvalue weighted by Crippen LogP contribution is -2.47. The molecule has 0 bridgehead atoms. The fourth-order valence-electron chi connectivity index (χ4n) is 6.61. The first kappa shape index (κ1) is 30.7. The summed E-state index contributed by atoms with van der Waals surface area (Å²) in [5.41, 5.74) is 4.16. The summed E-state index contributed by atoms with van der Waals surface area (Å²) in [5, 5.41) is 3.84. The average molecular weight is 641 g/mol. The lowest BCUT2D eigenvalue weighted by atomic mass is 9.89. The van der Waals surface area contributed by atoms with Gasteiger partial charge in [-0.15, -0.1) is 0 Å². The maximum atomic E-state index is 13.2. The summed E-state index contributed by atoms with van der Waals surface area (Å²) in [6.07, 6.45) is 7.01. The van der Waals surface area contributed by atoms with Crippen LogP contribution in [0.15, 0.2) is 79.9 Å². The molecule has 240 valence electrons. The zero-order valence-electron chi connectivity index (χ0n) is 26.6. The number of methoxy groups -OCH3 is 2. The second-order valence-corrected chi connectivity index (χ2v) is 11.9. The molecule has 2 aliphatic rings. The molecule has 0 saturated carbocycles. The van der Waals surface area contributed by atoms with E-state index in [0.717, 1.165) is 68.1 Å². The number of esters is 2. The molecule has 5 aromatic carbocycles. The topological polar surface area (TPSA) is 97.4 Å². The lowest BCUT2D eigenvalue weighted by Gasteiger charge is -2.42. The Morgan fingerprint density at radius 1 is 0.729 bits per heavy atom. The van der Waals surface area contributed by atoms with Gasteiger partial charge in [-0.3, -0.25) is 4.79 Å². The van der Waals surface area contributed by atoms with E-state index in [2.05, 4.69) is 31.4 Å². The van der Waals surface area contributed by atoms with Crippen LogP contribution in [0.4, 0.5) is 0 Å². The monoisotopic (exact) mass is 640 g/mol. The SMILES string of the molecule is C=Cc1cc(OC)cc2cc3c(cc12)CCC1(CCc2cc4c(C=C)cc(OC(=O)c5ccc(C=O)c(C(=O)OC)c5)cc4cc2O1)O3. The van der Waals surface area contributed by atoms with Gasteiger partial charge in [-0.05, 0) is 123 Å². The van der Waals surface area contributed by atoms with E-state index < -0.39 is 17.7 Å². The Balaban J connectivity index is 1.19. The molecule has 8 heteroatoms. The molecule has 5 aromatic rings. The van der Waals surface area contributed by atoms with Crippen molar-refractivity contribution in [3.8, 4) is 23.0 Å². The summed E-state index contributed by atoms with van der Waals surface area (Å²) in [4.78, 5) is 36.7. The van der Waals surface area contributed by atoms with Crippen LogP contribution >= 0.6 is 0 Å². The highest BCUT2D eigenvalue weighted by molar-refractivity contribution is 6.02. The summed E-state index contributed by atoms with van der Waals surface area (Å²) in [6, 6.07) is 19.8. The molecular formula is C40H32O8. The first-order valence-electron chi connectivity index (χ1n) is 15.5. The average Bonchev–Trinajstić information content (AvgIpc) is 3.11. The van der Waals surface area contributed by atoms with Crippen LogP contribution in [0.1, 0.15) is 66.2 Å². The van der Waals surface area contributed by atoms with Crippen molar-refractivity contribution in [2.45, 2.75) is 31.5 Å². The smallest absolute Gasteiger partial charge is 0.343 e. The summed E-state index contributed by atoms with van der Waals surface area (Å²) in [5.74, 6) is 0.298. The third-order valence-corrected chi connectivity index (χ3v) is 9.13. The highest BCUT2D eigenvalue weighted by atomic mass is 16.7. The molecule has 7 rings (SSSR count). The van der Waals surface area contributed by atoms with Gasteiger partial charge in [0.2, 0.25) is 0 Å². The van der Waals surface area contributed by atoms with Gasteiger partial charge in [0, 0.05) is 18.4 Å². The van der Waals surface area contributed by atoms with Crippen molar-refractivity contribution in [1.82, 2.24) is 0 Å². The fourth-order valence-corrected chi connectivity index (χ4v) is 6.61. The number of carbonyl (C=O) groups excluding carboxylic acids is 3. The number of hydrogen-bond donors (Lipinski definition) is 0. The van der Waals surface area contributed by atoms with Gasteiger partial charge in [0.1, 0.15) is 23.0 Å². The predicted molar refractivity (Wildman–Crippen MR) is 183 cm³/mol. The van der Waals surface area contributed by atoms with Crippen LogP contribution in [0.3, 0.4) is 0 Å². The van der Waals surface area contributed by atoms with Crippen LogP contribution in [-0.4, -0.2) is 38.2 Å². The van der Waals surface area contributed by atoms with Crippen molar-refractivity contribution in [1.29, 1.82) is 0 Å². The van der Waals surface area contributed by atoms with Crippen molar-refractivity contribution in [3.05, 3.63) is 119 Å². The van der Waals surface area contributed by atoms with Crippen molar-refractivity contribution < 1.29 is 38.1 Å². The van der Waals surface area contributed by atoms with E-state index in [1.54, 1.807) is 25.3 Å². The van der Waals surface area contributed by atoms with Crippen LogP contribution in [0.25, 0.3) is 33.7 Å². The van der Waals surface area contributed by atoms with Gasteiger partial charge in [-0.1, -0.05) is 25.3 Å². The molecule has 0 radical (unpaired) electrons. The molecule has 0 N–H and O–H groups in total. The third kappa shape index (κ3) is 5.35. The Bertz CT molecular complexity index is 2200. The standard InChI is InChI=1S/C40H32O8/c1-5-23-13-31(44-3)15-29-20-36-25(17-33(23)29)9-11-40(47-36)12-10-26-18-34-24(6-2)14-32(16-30(34)21-37(26)48-40)46-38(42)27-7-8-28(22-41)35(19-27)39(43)45-4/h5-8,13-22H,1-2,9-12H2,3-4H3. The summed E-state index contributed by atoms with van der Waals surface area (Å²) in [7, 11) is 2.85. The molecular weight excluding hydrogens is 608 g/mol. The molecule has 0 amide bonds. The number of carbonyl (C=O) groups is 3. The first-order chi connectivity index (χ1) is 23.3. The summed E-state index contributed by atoms with van der Waals surface area (Å²) in [6.45, 7) is 7.95. The van der Waals surface area contributed by atoms with E-state index in [-0.39, 0.29) is 22.4 Å². The molecule has 0 fully saturated rings. The van der Waals surface area contributed by atoms with Crippen LogP contribution in [0, 0.1) is 0 Å². The highest BCUT2D eigenvalue weighted by Crippen LogP contribution is 2.45. The molecule has 2 aliphatic heterocycles. The Hall–Kier alpha value is -5.89. The van der Waals surface area contributed by atoms with Gasteiger partial charge in [0.05, 0.1) is 25.3 Å². The van der Waals surface area contributed by atoms with E-state index in [1.165, 1.54) is 25.3 Å². The molecule has 2 heterocycles. The lowest BCUT2D eigenvalue weighted by molar-refractivity contribution is -0.139. The zero-order chi connectivity index (χ0) is 33.6. The first-order valence-corrected chi connectivity index (χ1v) is 15.5. The molecule has 8 nitrogen and oxygen atoms in total. The van der Waals surface area contributed by atoms with Gasteiger partial charge in [-0.2, -0.15) is 0 Å². The number of aryl methyl sites for hydroxylation is 2. The van der Waals surface area contributed by atoms with Crippen LogP contribution in [0.5, 0.6) is 23.0 Å². The number of benzene rings is 5. The van der Waals surface area contributed by atoms with E-state index in [9.17, 15) is 14.4 Å². The minimum atomic E-state index is -0.822. The molecule has 48 heavy (non-hydrogen) atoms. The predicted octanol–water partition coefficient (Wildman–Crippen LogP) is 8.15. The van der Waals surface area contributed by atoms with Gasteiger partial charge < -0.3 is 23.7 Å². The fraction of sp³-hybridized carbons (Fsp3) is 0.175. The molecule has 0 aliphatic carbocycles. The Morgan fingerprint density at radius 3 is 1.85 bits per heavy atom. The second-order valence-electron chi connectivity index (χ2n) is 11.9. The van der Waals surface area contributed by atoms with Crippen LogP contribution in [0.2, 0.25) is 0 Å². The van der Waals surface area contributed by atoms with Gasteiger partial charge in [-0.25, -0.2) is 9.59 Å². The Labute approximate surface area is 277 Å². The molecule has 1 spiro atoms. The molecule has 0 saturated heterocycles. The largest absolute Gasteiger partial charge is 0.497 e. The minimum absolute atomic E-state index is 0.0214.